The summed E-state index contributed by atoms with van der Waals surface area (Å²) in [5.41, 5.74) is -0.117. The first-order valence-corrected chi connectivity index (χ1v) is 9.49. The number of hydrogen-bond donors (Lipinski definition) is 2. The molecule has 0 fully saturated rings. The van der Waals surface area contributed by atoms with Gasteiger partial charge < -0.3 is 10.4 Å². The van der Waals surface area contributed by atoms with Gasteiger partial charge in [0.25, 0.3) is 0 Å². The Morgan fingerprint density at radius 1 is 1.03 bits per heavy atom. The molecule has 1 aromatic heterocycles. The lowest BCUT2D eigenvalue weighted by Gasteiger charge is -2.34. The van der Waals surface area contributed by atoms with Gasteiger partial charge in [0, 0.05) is 24.6 Å². The second kappa shape index (κ2) is 8.05. The third kappa shape index (κ3) is 4.38. The minimum Gasteiger partial charge on any atom is -0.387 e. The molecule has 2 heterocycles. The van der Waals surface area contributed by atoms with Crippen molar-refractivity contribution in [1.29, 1.82) is 0 Å². The van der Waals surface area contributed by atoms with E-state index in [4.69, 9.17) is 0 Å². The van der Waals surface area contributed by atoms with Gasteiger partial charge in [0.05, 0.1) is 29.1 Å². The van der Waals surface area contributed by atoms with E-state index in [2.05, 4.69) is 20.3 Å². The van der Waals surface area contributed by atoms with Crippen LogP contribution in [0.25, 0.3) is 11.0 Å². The Hall–Kier alpha value is -3.21. The smallest absolute Gasteiger partial charge is 0.387 e. The van der Waals surface area contributed by atoms with Crippen molar-refractivity contribution in [3.63, 3.8) is 0 Å². The predicted octanol–water partition coefficient (Wildman–Crippen LogP) is 4.39. The van der Waals surface area contributed by atoms with Crippen molar-refractivity contribution in [2.45, 2.75) is 24.5 Å². The first-order chi connectivity index (χ1) is 15.0. The fraction of sp³-hybridized carbons (Fsp3) is 0.286. The number of aliphatic hydroxyl groups is 1. The zero-order chi connectivity index (χ0) is 23.1. The van der Waals surface area contributed by atoms with Crippen LogP contribution in [0.1, 0.15) is 0 Å². The first-order valence-electron chi connectivity index (χ1n) is 9.49. The SMILES string of the molecule is OC(CNc1ccc2nccnc2c1)C1=CC(C(F)(F)F)=NC2C1=CC=CC2C(F)(F)F. The van der Waals surface area contributed by atoms with Gasteiger partial charge in [-0.2, -0.15) is 26.3 Å². The number of rotatable bonds is 4. The maximum atomic E-state index is 13.4. The molecule has 1 aromatic carbocycles. The van der Waals surface area contributed by atoms with Crippen molar-refractivity contribution >= 4 is 22.4 Å². The lowest BCUT2D eigenvalue weighted by atomic mass is 9.80. The maximum Gasteiger partial charge on any atom is 0.432 e. The molecule has 168 valence electrons. The topological polar surface area (TPSA) is 70.4 Å². The van der Waals surface area contributed by atoms with Gasteiger partial charge in [-0.25, -0.2) is 0 Å². The third-order valence-corrected chi connectivity index (χ3v) is 5.15. The molecule has 2 N–H and O–H groups in total. The molecule has 11 heteroatoms. The number of aromatic nitrogens is 2. The number of hydrogen-bond acceptors (Lipinski definition) is 5. The molecule has 3 atom stereocenters. The van der Waals surface area contributed by atoms with E-state index < -0.39 is 36.1 Å². The van der Waals surface area contributed by atoms with Crippen LogP contribution in [0.4, 0.5) is 32.0 Å². The third-order valence-electron chi connectivity index (χ3n) is 5.15. The molecule has 2 aliphatic rings. The minimum atomic E-state index is -4.96. The van der Waals surface area contributed by atoms with Crippen molar-refractivity contribution in [3.05, 3.63) is 66.0 Å². The number of halogens is 6. The molecule has 32 heavy (non-hydrogen) atoms. The lowest BCUT2D eigenvalue weighted by Crippen LogP contribution is -2.41. The van der Waals surface area contributed by atoms with E-state index in [1.54, 1.807) is 18.2 Å². The van der Waals surface area contributed by atoms with Crippen LogP contribution in [-0.2, 0) is 0 Å². The Morgan fingerprint density at radius 2 is 1.75 bits per heavy atom. The average Bonchev–Trinajstić information content (AvgIpc) is 2.74. The van der Waals surface area contributed by atoms with Gasteiger partial charge in [-0.1, -0.05) is 18.2 Å². The molecule has 5 nitrogen and oxygen atoms in total. The molecule has 0 spiro atoms. The highest BCUT2D eigenvalue weighted by Crippen LogP contribution is 2.42. The van der Waals surface area contributed by atoms with E-state index in [0.717, 1.165) is 12.2 Å². The van der Waals surface area contributed by atoms with Gasteiger partial charge >= 0.3 is 12.4 Å². The summed E-state index contributed by atoms with van der Waals surface area (Å²) in [6.45, 7) is -0.243. The number of anilines is 1. The van der Waals surface area contributed by atoms with Gasteiger partial charge in [-0.05, 0) is 35.4 Å². The van der Waals surface area contributed by atoms with Crippen LogP contribution in [0.5, 0.6) is 0 Å². The molecule has 3 unspecified atom stereocenters. The van der Waals surface area contributed by atoms with E-state index in [1.165, 1.54) is 18.5 Å². The number of fused-ring (bicyclic) bond motifs is 2. The van der Waals surface area contributed by atoms with E-state index in [0.29, 0.717) is 22.8 Å². The quantitative estimate of drug-likeness (QED) is 0.673. The lowest BCUT2D eigenvalue weighted by molar-refractivity contribution is -0.164. The van der Waals surface area contributed by atoms with Gasteiger partial charge in [0.15, 0.2) is 0 Å². The molecule has 1 aliphatic carbocycles. The van der Waals surface area contributed by atoms with Crippen LogP contribution in [-0.4, -0.2) is 51.8 Å². The Bertz CT molecular complexity index is 1150. The van der Waals surface area contributed by atoms with Crippen LogP contribution in [0.15, 0.2) is 71.0 Å². The second-order valence-electron chi connectivity index (χ2n) is 7.29. The van der Waals surface area contributed by atoms with Gasteiger partial charge in [-0.3, -0.25) is 15.0 Å². The molecule has 0 saturated heterocycles. The summed E-state index contributed by atoms with van der Waals surface area (Å²) < 4.78 is 80.3. The molecule has 0 saturated carbocycles. The number of benzene rings is 1. The largest absolute Gasteiger partial charge is 0.432 e. The number of nitrogens with one attached hydrogen (secondary N) is 1. The van der Waals surface area contributed by atoms with Gasteiger partial charge in [0.2, 0.25) is 0 Å². The summed E-state index contributed by atoms with van der Waals surface area (Å²) in [4.78, 5) is 11.6. The van der Waals surface area contributed by atoms with Gasteiger partial charge in [-0.15, -0.1) is 0 Å². The first kappa shape index (κ1) is 22.0. The minimum absolute atomic E-state index is 0.0958. The summed E-state index contributed by atoms with van der Waals surface area (Å²) in [5, 5.41) is 13.5. The van der Waals surface area contributed by atoms with Crippen LogP contribution in [0.3, 0.4) is 0 Å². The molecule has 0 radical (unpaired) electrons. The van der Waals surface area contributed by atoms with Gasteiger partial charge in [0.1, 0.15) is 5.71 Å². The van der Waals surface area contributed by atoms with Crippen LogP contribution in [0, 0.1) is 5.92 Å². The fourth-order valence-corrected chi connectivity index (χ4v) is 3.64. The number of nitrogens with zero attached hydrogens (tertiary/aromatic N) is 3. The Balaban J connectivity index is 1.61. The van der Waals surface area contributed by atoms with Crippen LogP contribution >= 0.6 is 0 Å². The molecule has 2 aromatic rings. The summed E-state index contributed by atoms with van der Waals surface area (Å²) in [6, 6.07) is 3.14. The molecular weight excluding hydrogens is 438 g/mol. The molecule has 0 amide bonds. The monoisotopic (exact) mass is 454 g/mol. The summed E-state index contributed by atoms with van der Waals surface area (Å²) in [6.07, 6.45) is -4.51. The van der Waals surface area contributed by atoms with E-state index in [-0.39, 0.29) is 17.7 Å². The summed E-state index contributed by atoms with van der Waals surface area (Å²) >= 11 is 0. The van der Waals surface area contributed by atoms with E-state index >= 15 is 0 Å². The summed E-state index contributed by atoms with van der Waals surface area (Å²) in [5.74, 6) is -2.22. The van der Waals surface area contributed by atoms with Crippen LogP contribution < -0.4 is 5.32 Å². The zero-order valence-corrected chi connectivity index (χ0v) is 16.2. The predicted molar refractivity (Wildman–Crippen MR) is 106 cm³/mol. The van der Waals surface area contributed by atoms with Crippen molar-refractivity contribution in [3.8, 4) is 0 Å². The van der Waals surface area contributed by atoms with Crippen molar-refractivity contribution < 1.29 is 31.4 Å². The Kier molecular flexibility index (Phi) is 5.53. The van der Waals surface area contributed by atoms with Crippen molar-refractivity contribution in [1.82, 2.24) is 9.97 Å². The molecule has 4 rings (SSSR count). The molecular formula is C21H16F6N4O. The highest BCUT2D eigenvalue weighted by atomic mass is 19.4. The van der Waals surface area contributed by atoms with Crippen molar-refractivity contribution in [2.75, 3.05) is 11.9 Å². The van der Waals surface area contributed by atoms with Crippen molar-refractivity contribution in [2.24, 2.45) is 10.9 Å². The number of aliphatic imine (C=N–C) groups is 1. The molecule has 0 bridgehead atoms. The highest BCUT2D eigenvalue weighted by Gasteiger charge is 2.49. The average molecular weight is 454 g/mol. The number of allylic oxidation sites excluding steroid dienone is 3. The second-order valence-corrected chi connectivity index (χ2v) is 7.29. The molecule has 1 aliphatic heterocycles. The maximum absolute atomic E-state index is 13.4. The normalized spacial score (nSPS) is 22.0. The Labute approximate surface area is 177 Å². The Morgan fingerprint density at radius 3 is 2.44 bits per heavy atom. The zero-order valence-electron chi connectivity index (χ0n) is 16.2. The highest BCUT2D eigenvalue weighted by molar-refractivity contribution is 6.02. The number of dihydropyridines is 1. The van der Waals surface area contributed by atoms with E-state index in [1.807, 2.05) is 0 Å². The standard InChI is InChI=1S/C21H16F6N4O/c22-20(23,24)14-3-1-2-12-13(9-18(21(25,26)27)31-19(12)14)17(32)10-30-11-4-5-15-16(8-11)29-7-6-28-15/h1-9,14,17,19,30,32H,10H2. The summed E-state index contributed by atoms with van der Waals surface area (Å²) in [7, 11) is 0. The van der Waals surface area contributed by atoms with E-state index in [9.17, 15) is 31.4 Å². The number of alkyl halides is 6. The van der Waals surface area contributed by atoms with Crippen LogP contribution in [0.2, 0.25) is 0 Å². The fourth-order valence-electron chi connectivity index (χ4n) is 3.64. The number of aliphatic hydroxyl groups excluding tert-OH is 1.